The van der Waals surface area contributed by atoms with Gasteiger partial charge in [-0.25, -0.2) is 0 Å². The van der Waals surface area contributed by atoms with Crippen molar-refractivity contribution in [3.05, 3.63) is 12.2 Å². The van der Waals surface area contributed by atoms with Gasteiger partial charge in [0, 0.05) is 13.0 Å². The zero-order valence-electron chi connectivity index (χ0n) is 34.5. The zero-order valence-corrected chi connectivity index (χ0v) is 34.5. The molecule has 0 saturated carbocycles. The molecule has 51 heavy (non-hydrogen) atoms. The van der Waals surface area contributed by atoms with Crippen molar-refractivity contribution in [2.24, 2.45) is 11.8 Å². The number of nitrogens with one attached hydrogen (secondary N) is 1. The Balaban J connectivity index is -0.00000137. The van der Waals surface area contributed by atoms with E-state index in [4.69, 9.17) is 14.9 Å². The number of ether oxygens (including phenoxy) is 1. The lowest BCUT2D eigenvalue weighted by Crippen LogP contribution is -2.46. The number of rotatable bonds is 32. The van der Waals surface area contributed by atoms with E-state index in [-0.39, 0.29) is 25.4 Å². The number of allylic oxidation sites excluding steroid dienone is 1. The van der Waals surface area contributed by atoms with E-state index in [9.17, 15) is 19.5 Å². The highest BCUT2D eigenvalue weighted by atomic mass is 16.5. The maximum Gasteiger partial charge on any atom is 0.306 e. The highest BCUT2D eigenvalue weighted by Gasteiger charge is 2.21. The summed E-state index contributed by atoms with van der Waals surface area (Å²) in [6.45, 7) is 15.6. The molecule has 4 N–H and O–H groups in total. The molecule has 8 heteroatoms. The van der Waals surface area contributed by atoms with E-state index >= 15 is 0 Å². The molecule has 2 atom stereocenters. The predicted molar refractivity (Wildman–Crippen MR) is 215 cm³/mol. The average Bonchev–Trinajstić information content (AvgIpc) is 3.13. The van der Waals surface area contributed by atoms with Crippen molar-refractivity contribution in [2.45, 2.75) is 221 Å². The molecule has 8 nitrogen and oxygen atoms in total. The van der Waals surface area contributed by atoms with Gasteiger partial charge in [0.2, 0.25) is 5.91 Å². The number of amides is 1. The SMILES string of the molecule is CCC(C)CC.CCC(CC)CCO.CCCCCCCCCCCCC/C=C/C(O)[C@H](COC(=O)CCC(=O)O)NC(=O)CCCCCCC. The van der Waals surface area contributed by atoms with Crippen molar-refractivity contribution >= 4 is 17.8 Å². The van der Waals surface area contributed by atoms with Crippen LogP contribution in [0.25, 0.3) is 0 Å². The van der Waals surface area contributed by atoms with E-state index in [2.05, 4.69) is 53.8 Å². The molecular formula is C43H85NO7. The first-order valence-electron chi connectivity index (χ1n) is 21.2. The van der Waals surface area contributed by atoms with Crippen molar-refractivity contribution in [1.29, 1.82) is 0 Å². The second kappa shape index (κ2) is 42.5. The summed E-state index contributed by atoms with van der Waals surface area (Å²) in [6.07, 6.45) is 28.6. The Bertz CT molecular complexity index is 780. The topological polar surface area (TPSA) is 133 Å². The van der Waals surface area contributed by atoms with E-state index in [1.165, 1.54) is 83.5 Å². The molecule has 0 aliphatic heterocycles. The second-order valence-corrected chi connectivity index (χ2v) is 14.3. The first kappa shape index (κ1) is 53.4. The molecule has 0 saturated heterocycles. The fourth-order valence-electron chi connectivity index (χ4n) is 5.32. The van der Waals surface area contributed by atoms with Crippen LogP contribution >= 0.6 is 0 Å². The van der Waals surface area contributed by atoms with Crippen LogP contribution < -0.4 is 5.32 Å². The van der Waals surface area contributed by atoms with Gasteiger partial charge in [-0.1, -0.05) is 176 Å². The Kier molecular flexibility index (Phi) is 44.5. The van der Waals surface area contributed by atoms with Gasteiger partial charge in [-0.05, 0) is 37.5 Å². The summed E-state index contributed by atoms with van der Waals surface area (Å²) in [5.41, 5.74) is 0. The summed E-state index contributed by atoms with van der Waals surface area (Å²) in [7, 11) is 0. The van der Waals surface area contributed by atoms with Gasteiger partial charge in [-0.3, -0.25) is 14.4 Å². The third-order valence-electron chi connectivity index (χ3n) is 9.63. The quantitative estimate of drug-likeness (QED) is 0.0308. The molecule has 0 bridgehead atoms. The minimum absolute atomic E-state index is 0.180. The molecule has 0 rings (SSSR count). The van der Waals surface area contributed by atoms with Gasteiger partial charge in [0.1, 0.15) is 6.61 Å². The lowest BCUT2D eigenvalue weighted by Gasteiger charge is -2.22. The molecule has 304 valence electrons. The summed E-state index contributed by atoms with van der Waals surface area (Å²) < 4.78 is 5.14. The van der Waals surface area contributed by atoms with Gasteiger partial charge in [0.15, 0.2) is 0 Å². The molecule has 0 aromatic heterocycles. The molecule has 1 unspecified atom stereocenters. The summed E-state index contributed by atoms with van der Waals surface area (Å²) in [6, 6.07) is -0.759. The van der Waals surface area contributed by atoms with Gasteiger partial charge in [0.25, 0.3) is 0 Å². The fourth-order valence-corrected chi connectivity index (χ4v) is 5.32. The summed E-state index contributed by atoms with van der Waals surface area (Å²) in [4.78, 5) is 34.8. The minimum atomic E-state index is -1.07. The molecule has 0 aromatic rings. The molecule has 0 spiro atoms. The fraction of sp³-hybridized carbons (Fsp3) is 0.884. The van der Waals surface area contributed by atoms with Crippen LogP contribution in [0.2, 0.25) is 0 Å². The van der Waals surface area contributed by atoms with Crippen molar-refractivity contribution < 1.29 is 34.4 Å². The Hall–Kier alpha value is -1.93. The maximum atomic E-state index is 12.4. The molecule has 0 radical (unpaired) electrons. The number of carboxylic acids is 1. The smallest absolute Gasteiger partial charge is 0.306 e. The van der Waals surface area contributed by atoms with Crippen molar-refractivity contribution in [1.82, 2.24) is 5.32 Å². The monoisotopic (exact) mass is 728 g/mol. The van der Waals surface area contributed by atoms with Gasteiger partial charge >= 0.3 is 11.9 Å². The molecule has 0 fully saturated rings. The van der Waals surface area contributed by atoms with E-state index in [1.54, 1.807) is 6.08 Å². The summed E-state index contributed by atoms with van der Waals surface area (Å²) in [5.74, 6) is -0.223. The average molecular weight is 728 g/mol. The molecule has 0 heterocycles. The van der Waals surface area contributed by atoms with Crippen LogP contribution in [0.3, 0.4) is 0 Å². The lowest BCUT2D eigenvalue weighted by molar-refractivity contribution is -0.149. The van der Waals surface area contributed by atoms with Crippen LogP contribution in [0.15, 0.2) is 12.2 Å². The van der Waals surface area contributed by atoms with Gasteiger partial charge in [-0.2, -0.15) is 0 Å². The normalized spacial score (nSPS) is 12.2. The van der Waals surface area contributed by atoms with Gasteiger partial charge in [0.05, 0.1) is 25.0 Å². The number of carbonyl (C=O) groups excluding carboxylic acids is 2. The molecule has 1 amide bonds. The Morgan fingerprint density at radius 2 is 1.16 bits per heavy atom. The Morgan fingerprint density at radius 1 is 0.667 bits per heavy atom. The lowest BCUT2D eigenvalue weighted by atomic mass is 10.0. The molecular weight excluding hydrogens is 642 g/mol. The standard InChI is InChI=1S/C30H55NO6.C7H16O.C6H14/c1-3-5-7-9-10-11-12-13-14-15-16-18-19-21-27(32)26(25-37-30(36)24-23-29(34)35)31-28(33)22-20-17-8-6-4-2;1-3-7(4-2)5-6-8;1-4-6(3)5-2/h19,21,26-27,32H,3-18,20,22-25H2,1-2H3,(H,31,33)(H,34,35);7-8H,3-6H2,1-2H3;6H,4-5H2,1-3H3/b21-19+;;/t26-,27?;;/m0../s1. The zero-order chi connectivity index (χ0) is 39.0. The number of aliphatic carboxylic acids is 1. The third-order valence-corrected chi connectivity index (χ3v) is 9.63. The second-order valence-electron chi connectivity index (χ2n) is 14.3. The number of carbonyl (C=O) groups is 3. The van der Waals surface area contributed by atoms with Crippen LogP contribution in [0.4, 0.5) is 0 Å². The maximum absolute atomic E-state index is 12.4. The van der Waals surface area contributed by atoms with E-state index < -0.39 is 24.1 Å². The number of esters is 1. The van der Waals surface area contributed by atoms with Gasteiger partial charge < -0.3 is 25.4 Å². The number of carboxylic acid groups (broad SMARTS) is 1. The summed E-state index contributed by atoms with van der Waals surface area (Å²) >= 11 is 0. The first-order chi connectivity index (χ1) is 24.6. The van der Waals surface area contributed by atoms with Crippen LogP contribution in [0, 0.1) is 11.8 Å². The van der Waals surface area contributed by atoms with E-state index in [1.807, 2.05) is 6.08 Å². The molecule has 0 aliphatic rings. The van der Waals surface area contributed by atoms with Crippen molar-refractivity contribution in [3.8, 4) is 0 Å². The number of unbranched alkanes of at least 4 members (excludes halogenated alkanes) is 15. The van der Waals surface area contributed by atoms with Crippen molar-refractivity contribution in [3.63, 3.8) is 0 Å². The third kappa shape index (κ3) is 42.4. The van der Waals surface area contributed by atoms with E-state index in [0.717, 1.165) is 69.6 Å². The Labute approximate surface area is 315 Å². The largest absolute Gasteiger partial charge is 0.481 e. The van der Waals surface area contributed by atoms with Gasteiger partial charge in [-0.15, -0.1) is 0 Å². The highest BCUT2D eigenvalue weighted by Crippen LogP contribution is 2.13. The summed E-state index contributed by atoms with van der Waals surface area (Å²) in [5, 5.41) is 30.6. The van der Waals surface area contributed by atoms with Crippen LogP contribution in [-0.2, 0) is 19.1 Å². The minimum Gasteiger partial charge on any atom is -0.481 e. The predicted octanol–water partition coefficient (Wildman–Crippen LogP) is 11.1. The van der Waals surface area contributed by atoms with Crippen LogP contribution in [-0.4, -0.2) is 58.5 Å². The first-order valence-corrected chi connectivity index (χ1v) is 21.2. The van der Waals surface area contributed by atoms with Crippen LogP contribution in [0.1, 0.15) is 209 Å². The number of hydrogen-bond donors (Lipinski definition) is 4. The molecule has 0 aliphatic carbocycles. The Morgan fingerprint density at radius 3 is 1.57 bits per heavy atom. The van der Waals surface area contributed by atoms with Crippen LogP contribution in [0.5, 0.6) is 0 Å². The van der Waals surface area contributed by atoms with E-state index in [0.29, 0.717) is 13.0 Å². The highest BCUT2D eigenvalue weighted by molar-refractivity contribution is 5.77. The number of hydrogen-bond acceptors (Lipinski definition) is 6. The number of aliphatic hydroxyl groups excluding tert-OH is 2. The van der Waals surface area contributed by atoms with Crippen molar-refractivity contribution in [2.75, 3.05) is 13.2 Å². The number of aliphatic hydroxyl groups is 2. The molecule has 0 aromatic carbocycles.